The minimum atomic E-state index is -0.428. The minimum absolute atomic E-state index is 0.167. The first kappa shape index (κ1) is 20.5. The van der Waals surface area contributed by atoms with Crippen molar-refractivity contribution >= 4 is 35.2 Å². The van der Waals surface area contributed by atoms with E-state index in [4.69, 9.17) is 9.47 Å². The van der Waals surface area contributed by atoms with Crippen molar-refractivity contribution in [2.24, 2.45) is 0 Å². The number of carbonyl (C=O) groups excluding carboxylic acids is 3. The molecular weight excluding hydrogens is 398 g/mol. The van der Waals surface area contributed by atoms with Crippen molar-refractivity contribution in [3.63, 3.8) is 0 Å². The number of hydrogen-bond acceptors (Lipinski definition) is 5. The first-order valence-corrected chi connectivity index (χ1v) is 9.97. The van der Waals surface area contributed by atoms with Crippen LogP contribution in [0.25, 0.3) is 6.08 Å². The second kappa shape index (κ2) is 8.51. The molecule has 8 heteroatoms. The summed E-state index contributed by atoms with van der Waals surface area (Å²) >= 11 is 0. The summed E-state index contributed by atoms with van der Waals surface area (Å²) in [5.74, 6) is 0.452. The van der Waals surface area contributed by atoms with Crippen LogP contribution in [0.15, 0.2) is 42.5 Å². The van der Waals surface area contributed by atoms with E-state index in [1.165, 1.54) is 6.08 Å². The van der Waals surface area contributed by atoms with Crippen LogP contribution < -0.4 is 20.1 Å². The van der Waals surface area contributed by atoms with Crippen LogP contribution in [0.5, 0.6) is 11.5 Å². The summed E-state index contributed by atoms with van der Waals surface area (Å²) < 4.78 is 10.5. The van der Waals surface area contributed by atoms with Gasteiger partial charge in [0, 0.05) is 18.3 Å². The molecule has 0 aromatic heterocycles. The number of carbonyl (C=O) groups is 3. The molecule has 31 heavy (non-hydrogen) atoms. The van der Waals surface area contributed by atoms with Gasteiger partial charge in [0.15, 0.2) is 11.5 Å². The van der Waals surface area contributed by atoms with Gasteiger partial charge >= 0.3 is 0 Å². The number of fused-ring (bicyclic) bond motifs is 2. The molecule has 2 heterocycles. The summed E-state index contributed by atoms with van der Waals surface area (Å²) in [5.41, 5.74) is 2.08. The van der Waals surface area contributed by atoms with E-state index < -0.39 is 6.04 Å². The predicted molar refractivity (Wildman–Crippen MR) is 116 cm³/mol. The average molecular weight is 421 g/mol. The Morgan fingerprint density at radius 2 is 1.94 bits per heavy atom. The van der Waals surface area contributed by atoms with E-state index >= 15 is 0 Å². The molecule has 1 fully saturated rings. The maximum Gasteiger partial charge on any atom is 0.256 e. The van der Waals surface area contributed by atoms with Crippen molar-refractivity contribution < 1.29 is 23.9 Å². The predicted octanol–water partition coefficient (Wildman–Crippen LogP) is 2.91. The summed E-state index contributed by atoms with van der Waals surface area (Å²) in [4.78, 5) is 39.3. The van der Waals surface area contributed by atoms with Crippen LogP contribution in [0, 0.1) is 0 Å². The monoisotopic (exact) mass is 421 g/mol. The molecule has 0 unspecified atom stereocenters. The molecule has 0 bridgehead atoms. The van der Waals surface area contributed by atoms with Crippen molar-refractivity contribution in [1.29, 1.82) is 0 Å². The molecule has 8 nitrogen and oxygen atoms in total. The normalized spacial score (nSPS) is 17.6. The molecule has 0 saturated carbocycles. The maximum absolute atomic E-state index is 12.9. The van der Waals surface area contributed by atoms with Crippen LogP contribution in [0.1, 0.15) is 28.8 Å². The Bertz CT molecular complexity index is 1080. The first-order valence-electron chi connectivity index (χ1n) is 9.97. The highest BCUT2D eigenvalue weighted by Crippen LogP contribution is 2.31. The second-order valence-electron chi connectivity index (χ2n) is 7.34. The lowest BCUT2D eigenvalue weighted by molar-refractivity contribution is -0.119. The fourth-order valence-electron chi connectivity index (χ4n) is 3.87. The third kappa shape index (κ3) is 4.09. The summed E-state index contributed by atoms with van der Waals surface area (Å²) in [6.45, 7) is 0.557. The molecule has 2 aliphatic heterocycles. The smallest absolute Gasteiger partial charge is 0.256 e. The van der Waals surface area contributed by atoms with Crippen molar-refractivity contribution in [3.8, 4) is 11.5 Å². The van der Waals surface area contributed by atoms with Gasteiger partial charge in [0.1, 0.15) is 6.04 Å². The molecule has 1 atom stereocenters. The van der Waals surface area contributed by atoms with E-state index in [2.05, 4.69) is 10.6 Å². The van der Waals surface area contributed by atoms with Crippen LogP contribution in [0.4, 0.5) is 11.4 Å². The lowest BCUT2D eigenvalue weighted by Crippen LogP contribution is -2.40. The average Bonchev–Trinajstić information content (AvgIpc) is 3.25. The van der Waals surface area contributed by atoms with E-state index in [9.17, 15) is 14.4 Å². The van der Waals surface area contributed by atoms with E-state index in [0.29, 0.717) is 41.4 Å². The van der Waals surface area contributed by atoms with Crippen LogP contribution in [-0.2, 0) is 9.59 Å². The van der Waals surface area contributed by atoms with E-state index in [0.717, 1.165) is 12.0 Å². The Hall–Kier alpha value is -3.81. The summed E-state index contributed by atoms with van der Waals surface area (Å²) in [5, 5.41) is 5.58. The summed E-state index contributed by atoms with van der Waals surface area (Å²) in [6.07, 6.45) is 4.51. The molecule has 2 N–H and O–H groups in total. The summed E-state index contributed by atoms with van der Waals surface area (Å²) in [7, 11) is 3.10. The highest BCUT2D eigenvalue weighted by Gasteiger charge is 2.38. The zero-order chi connectivity index (χ0) is 22.0. The molecule has 0 aliphatic carbocycles. The van der Waals surface area contributed by atoms with Gasteiger partial charge in [-0.3, -0.25) is 14.4 Å². The standard InChI is InChI=1S/C23H23N3O5/c1-30-19-9-5-14(12-20(19)31-2)6-10-21(27)24-15-7-8-17-16(13-15)23(29)26-11-3-4-18(26)22(28)25-17/h5-10,12-13,18H,3-4,11H2,1-2H3,(H,24,27)(H,25,28)/t18-/m1/s1. The fourth-order valence-corrected chi connectivity index (χ4v) is 3.87. The quantitative estimate of drug-likeness (QED) is 0.724. The number of anilines is 2. The van der Waals surface area contributed by atoms with Gasteiger partial charge in [0.25, 0.3) is 5.91 Å². The highest BCUT2D eigenvalue weighted by molar-refractivity contribution is 6.11. The van der Waals surface area contributed by atoms with Crippen molar-refractivity contribution in [2.45, 2.75) is 18.9 Å². The lowest BCUT2D eigenvalue weighted by atomic mass is 10.1. The Balaban J connectivity index is 1.50. The number of amides is 3. The summed E-state index contributed by atoms with van der Waals surface area (Å²) in [6, 6.07) is 9.80. The van der Waals surface area contributed by atoms with Crippen molar-refractivity contribution in [1.82, 2.24) is 4.90 Å². The molecule has 160 valence electrons. The fraction of sp³-hybridized carbons (Fsp3) is 0.261. The number of rotatable bonds is 5. The van der Waals surface area contributed by atoms with Crippen LogP contribution >= 0.6 is 0 Å². The van der Waals surface area contributed by atoms with Gasteiger partial charge in [-0.15, -0.1) is 0 Å². The van der Waals surface area contributed by atoms with Gasteiger partial charge in [-0.2, -0.15) is 0 Å². The maximum atomic E-state index is 12.9. The highest BCUT2D eigenvalue weighted by atomic mass is 16.5. The van der Waals surface area contributed by atoms with E-state index in [1.807, 2.05) is 0 Å². The molecule has 1 saturated heterocycles. The number of ether oxygens (including phenoxy) is 2. The van der Waals surface area contributed by atoms with Gasteiger partial charge < -0.3 is 25.0 Å². The molecular formula is C23H23N3O5. The topological polar surface area (TPSA) is 97.0 Å². The molecule has 2 aliphatic rings. The van der Waals surface area contributed by atoms with Gasteiger partial charge in [0.2, 0.25) is 11.8 Å². The van der Waals surface area contributed by atoms with Crippen molar-refractivity contribution in [2.75, 3.05) is 31.4 Å². The largest absolute Gasteiger partial charge is 0.493 e. The van der Waals surface area contributed by atoms with Crippen molar-refractivity contribution in [3.05, 3.63) is 53.6 Å². The van der Waals surface area contributed by atoms with E-state index in [1.54, 1.807) is 61.6 Å². The van der Waals surface area contributed by atoms with Crippen LogP contribution in [0.2, 0.25) is 0 Å². The number of methoxy groups -OCH3 is 2. The zero-order valence-electron chi connectivity index (χ0n) is 17.3. The number of nitrogens with zero attached hydrogens (tertiary/aromatic N) is 1. The minimum Gasteiger partial charge on any atom is -0.493 e. The number of nitrogens with one attached hydrogen (secondary N) is 2. The van der Waals surface area contributed by atoms with Gasteiger partial charge in [0.05, 0.1) is 25.5 Å². The third-order valence-corrected chi connectivity index (χ3v) is 5.43. The van der Waals surface area contributed by atoms with E-state index in [-0.39, 0.29) is 17.7 Å². The number of hydrogen-bond donors (Lipinski definition) is 2. The van der Waals surface area contributed by atoms with Crippen LogP contribution in [-0.4, -0.2) is 49.4 Å². The molecule has 2 aromatic rings. The van der Waals surface area contributed by atoms with Gasteiger partial charge in [-0.1, -0.05) is 6.07 Å². The lowest BCUT2D eigenvalue weighted by Gasteiger charge is -2.20. The molecule has 3 amide bonds. The van der Waals surface area contributed by atoms with Gasteiger partial charge in [-0.25, -0.2) is 0 Å². The second-order valence-corrected chi connectivity index (χ2v) is 7.34. The Morgan fingerprint density at radius 3 is 2.71 bits per heavy atom. The Morgan fingerprint density at radius 1 is 1.13 bits per heavy atom. The number of benzene rings is 2. The zero-order valence-corrected chi connectivity index (χ0v) is 17.3. The Labute approximate surface area is 179 Å². The third-order valence-electron chi connectivity index (χ3n) is 5.43. The first-order chi connectivity index (χ1) is 15.0. The molecule has 4 rings (SSSR count). The molecule has 2 aromatic carbocycles. The Kier molecular flexibility index (Phi) is 5.62. The molecule has 0 spiro atoms. The molecule has 0 radical (unpaired) electrons. The van der Waals surface area contributed by atoms with Crippen LogP contribution in [0.3, 0.4) is 0 Å². The van der Waals surface area contributed by atoms with Gasteiger partial charge in [-0.05, 0) is 54.8 Å². The SMILES string of the molecule is COc1ccc(C=CC(=O)Nc2ccc3c(c2)C(=O)N2CCC[C@@H]2C(=O)N3)cc1OC.